The molecule has 0 spiro atoms. The smallest absolute Gasteiger partial charge is 0.313 e. The molecule has 1 saturated carbocycles. The van der Waals surface area contributed by atoms with Crippen LogP contribution in [-0.4, -0.2) is 35.3 Å². The van der Waals surface area contributed by atoms with Gasteiger partial charge in [0, 0.05) is 0 Å². The van der Waals surface area contributed by atoms with E-state index < -0.39 is 23.0 Å². The summed E-state index contributed by atoms with van der Waals surface area (Å²) >= 11 is 0. The first kappa shape index (κ1) is 18.0. The van der Waals surface area contributed by atoms with E-state index in [1.54, 1.807) is 0 Å². The molecule has 2 aliphatic heterocycles. The van der Waals surface area contributed by atoms with Crippen LogP contribution in [0, 0.1) is 35.5 Å². The lowest BCUT2D eigenvalue weighted by molar-refractivity contribution is -0.175. The number of carbonyl (C=O) groups is 2. The molecule has 5 nitrogen and oxygen atoms in total. The Morgan fingerprint density at radius 1 is 0.808 bits per heavy atom. The first-order chi connectivity index (χ1) is 12.0. The van der Waals surface area contributed by atoms with Crippen molar-refractivity contribution in [2.75, 3.05) is 0 Å². The summed E-state index contributed by atoms with van der Waals surface area (Å²) in [5.74, 6) is -0.213. The number of hydrogen-bond acceptors (Lipinski definition) is 5. The standard InChI is InChI=1S/C21H30O5/c1-20(2,3)25-18(22)14-15(19(23)26-21(4,5)6)17-13-11-8-7-10(9-11)12(13)16(14)24-17/h7-8,10-17H,9H2,1-6H3. The molecule has 0 amide bonds. The quantitative estimate of drug-likeness (QED) is 0.558. The van der Waals surface area contributed by atoms with Crippen molar-refractivity contribution in [2.45, 2.75) is 71.4 Å². The lowest BCUT2D eigenvalue weighted by Crippen LogP contribution is -2.50. The Bertz CT molecular complexity index is 598. The molecule has 26 heavy (non-hydrogen) atoms. The zero-order chi connectivity index (χ0) is 19.0. The molecule has 144 valence electrons. The Hall–Kier alpha value is -1.36. The van der Waals surface area contributed by atoms with E-state index in [4.69, 9.17) is 14.2 Å². The predicted molar refractivity (Wildman–Crippen MR) is 95.0 cm³/mol. The molecule has 0 N–H and O–H groups in total. The first-order valence-corrected chi connectivity index (χ1v) is 9.76. The van der Waals surface area contributed by atoms with E-state index in [0.29, 0.717) is 23.7 Å². The average Bonchev–Trinajstić information content (AvgIpc) is 3.20. The topological polar surface area (TPSA) is 61.8 Å². The van der Waals surface area contributed by atoms with E-state index in [1.165, 1.54) is 0 Å². The van der Waals surface area contributed by atoms with Crippen LogP contribution in [0.5, 0.6) is 0 Å². The molecule has 4 aliphatic rings. The number of hydrogen-bond donors (Lipinski definition) is 0. The molecule has 8 atom stereocenters. The van der Waals surface area contributed by atoms with Gasteiger partial charge in [-0.25, -0.2) is 0 Å². The molecule has 3 fully saturated rings. The van der Waals surface area contributed by atoms with Crippen molar-refractivity contribution in [3.63, 3.8) is 0 Å². The van der Waals surface area contributed by atoms with E-state index in [0.717, 1.165) is 6.42 Å². The van der Waals surface area contributed by atoms with Gasteiger partial charge in [0.2, 0.25) is 0 Å². The zero-order valence-electron chi connectivity index (χ0n) is 16.5. The summed E-state index contributed by atoms with van der Waals surface area (Å²) < 4.78 is 17.6. The van der Waals surface area contributed by atoms with Crippen LogP contribution >= 0.6 is 0 Å². The van der Waals surface area contributed by atoms with Crippen LogP contribution in [0.1, 0.15) is 48.0 Å². The molecule has 4 rings (SSSR count). The number of carbonyl (C=O) groups excluding carboxylic acids is 2. The summed E-state index contributed by atoms with van der Waals surface area (Å²) in [6.07, 6.45) is 5.18. The Morgan fingerprint density at radius 2 is 1.19 bits per heavy atom. The number of allylic oxidation sites excluding steroid dienone is 2. The van der Waals surface area contributed by atoms with Crippen molar-refractivity contribution >= 4 is 11.9 Å². The highest BCUT2D eigenvalue weighted by Crippen LogP contribution is 2.63. The predicted octanol–water partition coefficient (Wildman–Crippen LogP) is 3.12. The molecule has 5 heteroatoms. The van der Waals surface area contributed by atoms with E-state index in [1.807, 2.05) is 41.5 Å². The monoisotopic (exact) mass is 362 g/mol. The highest BCUT2D eigenvalue weighted by Gasteiger charge is 2.70. The van der Waals surface area contributed by atoms with Gasteiger partial charge < -0.3 is 14.2 Å². The van der Waals surface area contributed by atoms with Crippen molar-refractivity contribution in [3.8, 4) is 0 Å². The molecule has 2 saturated heterocycles. The third-order valence-corrected chi connectivity index (χ3v) is 6.11. The number of rotatable bonds is 2. The fourth-order valence-corrected chi connectivity index (χ4v) is 5.54. The van der Waals surface area contributed by atoms with Gasteiger partial charge in [0.1, 0.15) is 11.2 Å². The third kappa shape index (κ3) is 2.79. The van der Waals surface area contributed by atoms with Gasteiger partial charge >= 0.3 is 11.9 Å². The van der Waals surface area contributed by atoms with Gasteiger partial charge in [-0.1, -0.05) is 12.2 Å². The molecule has 2 heterocycles. The Morgan fingerprint density at radius 3 is 1.54 bits per heavy atom. The van der Waals surface area contributed by atoms with Crippen LogP contribution in [0.3, 0.4) is 0 Å². The average molecular weight is 362 g/mol. The maximum Gasteiger partial charge on any atom is 0.313 e. The second-order valence-corrected chi connectivity index (χ2v) is 10.3. The van der Waals surface area contributed by atoms with Crippen LogP contribution in [-0.2, 0) is 23.8 Å². The van der Waals surface area contributed by atoms with Gasteiger partial charge in [-0.3, -0.25) is 9.59 Å². The van der Waals surface area contributed by atoms with Gasteiger partial charge in [0.25, 0.3) is 0 Å². The molecule has 0 radical (unpaired) electrons. The molecule has 0 aromatic carbocycles. The maximum atomic E-state index is 13.0. The zero-order valence-corrected chi connectivity index (χ0v) is 16.5. The van der Waals surface area contributed by atoms with E-state index in [2.05, 4.69) is 12.2 Å². The van der Waals surface area contributed by atoms with Gasteiger partial charge in [-0.05, 0) is 71.6 Å². The van der Waals surface area contributed by atoms with E-state index in [-0.39, 0.29) is 24.1 Å². The Labute approximate surface area is 155 Å². The van der Waals surface area contributed by atoms with Gasteiger partial charge in [0.05, 0.1) is 24.0 Å². The van der Waals surface area contributed by atoms with Crippen molar-refractivity contribution in [3.05, 3.63) is 12.2 Å². The molecular formula is C21H30O5. The molecule has 4 bridgehead atoms. The van der Waals surface area contributed by atoms with Crippen molar-refractivity contribution in [2.24, 2.45) is 35.5 Å². The highest BCUT2D eigenvalue weighted by molar-refractivity contribution is 5.85. The van der Waals surface area contributed by atoms with Crippen LogP contribution in [0.4, 0.5) is 0 Å². The second-order valence-electron chi connectivity index (χ2n) is 10.3. The minimum Gasteiger partial charge on any atom is -0.460 e. The molecule has 2 aliphatic carbocycles. The highest BCUT2D eigenvalue weighted by atomic mass is 16.6. The van der Waals surface area contributed by atoms with Crippen LogP contribution in [0.2, 0.25) is 0 Å². The number of esters is 2. The summed E-state index contributed by atoms with van der Waals surface area (Å²) in [5, 5.41) is 0. The van der Waals surface area contributed by atoms with Crippen molar-refractivity contribution < 1.29 is 23.8 Å². The third-order valence-electron chi connectivity index (χ3n) is 6.11. The number of ether oxygens (including phenoxy) is 3. The van der Waals surface area contributed by atoms with Crippen LogP contribution in [0.15, 0.2) is 12.2 Å². The first-order valence-electron chi connectivity index (χ1n) is 9.76. The molecule has 0 aromatic heterocycles. The fourth-order valence-electron chi connectivity index (χ4n) is 5.54. The minimum atomic E-state index is -0.592. The summed E-state index contributed by atoms with van der Waals surface area (Å²) in [7, 11) is 0. The fraction of sp³-hybridized carbons (Fsp3) is 0.810. The maximum absolute atomic E-state index is 13.0. The Kier molecular flexibility index (Phi) is 3.86. The SMILES string of the molecule is CC(C)(C)OC(=O)C1C2OC(C1C(=O)OC(C)(C)C)C1C3C=CC(C3)C21. The van der Waals surface area contributed by atoms with E-state index in [9.17, 15) is 9.59 Å². The normalized spacial score (nSPS) is 42.8. The lowest BCUT2D eigenvalue weighted by atomic mass is 9.64. The van der Waals surface area contributed by atoms with Crippen LogP contribution in [0.25, 0.3) is 0 Å². The summed E-state index contributed by atoms with van der Waals surface area (Å²) in [5.41, 5.74) is -1.18. The largest absolute Gasteiger partial charge is 0.460 e. The molecule has 8 unspecified atom stereocenters. The van der Waals surface area contributed by atoms with Gasteiger partial charge in [0.15, 0.2) is 0 Å². The Balaban J connectivity index is 1.65. The molecule has 0 aromatic rings. The lowest BCUT2D eigenvalue weighted by Gasteiger charge is -2.38. The summed E-state index contributed by atoms with van der Waals surface area (Å²) in [6, 6.07) is 0. The molecular weight excluding hydrogens is 332 g/mol. The summed E-state index contributed by atoms with van der Waals surface area (Å²) in [4.78, 5) is 26.0. The van der Waals surface area contributed by atoms with E-state index >= 15 is 0 Å². The van der Waals surface area contributed by atoms with Gasteiger partial charge in [-0.15, -0.1) is 0 Å². The minimum absolute atomic E-state index is 0.239. The van der Waals surface area contributed by atoms with Crippen molar-refractivity contribution in [1.82, 2.24) is 0 Å². The summed E-state index contributed by atoms with van der Waals surface area (Å²) in [6.45, 7) is 11.1. The second kappa shape index (κ2) is 5.57. The van der Waals surface area contributed by atoms with Gasteiger partial charge in [-0.2, -0.15) is 0 Å². The van der Waals surface area contributed by atoms with Crippen LogP contribution < -0.4 is 0 Å². The van der Waals surface area contributed by atoms with Crippen molar-refractivity contribution in [1.29, 1.82) is 0 Å². The number of fused-ring (bicyclic) bond motifs is 9.